The molecule has 16 aromatic rings. The van der Waals surface area contributed by atoms with Crippen molar-refractivity contribution in [2.24, 2.45) is 0 Å². The van der Waals surface area contributed by atoms with Crippen molar-refractivity contribution >= 4 is 174 Å². The molecule has 0 radical (unpaired) electrons. The number of benzene rings is 16. The second-order valence-corrected chi connectivity index (χ2v) is 45.6. The number of carbonyl (C=O) groups is 4. The number of carbonyl (C=O) groups excluding carboxylic acids is 4. The van der Waals surface area contributed by atoms with E-state index in [1.807, 2.05) is 159 Å². The summed E-state index contributed by atoms with van der Waals surface area (Å²) >= 11 is 12.1. The van der Waals surface area contributed by atoms with Crippen LogP contribution in [-0.2, 0) is 84.9 Å². The van der Waals surface area contributed by atoms with Gasteiger partial charge in [0.1, 0.15) is 33.7 Å². The SMILES string of the molecule is CC(C)(OC(=O)c1cc(Br)ccc1I)c1ccc([S+](c2ccccc2)c2ccccc2)cc1.CC(C)(OC(=O)c1cc(I)ccc1O)c1ccc([S+](c2ccccc2)c2ccccc2)cc1.CC(C)(OC(=O)c1ccc(I)cc1)c1ccc([S+](c2ccccc2)c2ccccc2)cc1.CC(C)(OC(=O)c1cccc(I)c1)c1ccc([S+](c2ccccc2)c2ccccc2)cc1. The molecule has 0 aliphatic rings. The molecule has 0 bridgehead atoms. The molecule has 0 saturated carbocycles. The minimum absolute atomic E-state index is 0.0821. The zero-order valence-corrected chi connectivity index (χ0v) is 86.1. The molecule has 652 valence electrons. The van der Waals surface area contributed by atoms with Gasteiger partial charge in [0.05, 0.1) is 60.3 Å². The molecule has 0 aliphatic heterocycles. The van der Waals surface area contributed by atoms with Gasteiger partial charge in [-0.15, -0.1) is 0 Å². The number of ether oxygens (including phenoxy) is 4. The van der Waals surface area contributed by atoms with Gasteiger partial charge in [-0.2, -0.15) is 0 Å². The molecule has 16 rings (SSSR count). The smallest absolute Gasteiger partial charge is 0.342 e. The van der Waals surface area contributed by atoms with Crippen molar-refractivity contribution in [3.63, 3.8) is 0 Å². The predicted molar refractivity (Wildman–Crippen MR) is 566 cm³/mol. The van der Waals surface area contributed by atoms with Crippen LogP contribution in [0.1, 0.15) is 119 Å². The fourth-order valence-electron chi connectivity index (χ4n) is 14.0. The summed E-state index contributed by atoms with van der Waals surface area (Å²) in [5.41, 5.74) is 2.51. The van der Waals surface area contributed by atoms with Gasteiger partial charge < -0.3 is 24.1 Å². The summed E-state index contributed by atoms with van der Waals surface area (Å²) < 4.78 is 28.2. The monoisotopic (exact) mass is 2300 g/mol. The van der Waals surface area contributed by atoms with Crippen molar-refractivity contribution in [3.05, 3.63) is 488 Å². The minimum atomic E-state index is -0.860. The van der Waals surface area contributed by atoms with Crippen LogP contribution in [0.3, 0.4) is 0 Å². The Balaban J connectivity index is 0.000000148. The first-order valence-electron chi connectivity index (χ1n) is 41.8. The molecule has 130 heavy (non-hydrogen) atoms. The van der Waals surface area contributed by atoms with Crippen LogP contribution in [0.5, 0.6) is 5.75 Å². The topological polar surface area (TPSA) is 125 Å². The zero-order valence-electron chi connectivity index (χ0n) is 72.7. The average molecular weight is 2300 g/mol. The van der Waals surface area contributed by atoms with E-state index in [4.69, 9.17) is 18.9 Å². The number of rotatable bonds is 24. The Kier molecular flexibility index (Phi) is 34.4. The summed E-state index contributed by atoms with van der Waals surface area (Å²) in [6, 6.07) is 143. The third-order valence-electron chi connectivity index (χ3n) is 20.8. The van der Waals surface area contributed by atoms with E-state index in [1.54, 1.807) is 36.4 Å². The fraction of sp³-hybridized carbons (Fsp3) is 0.107. The second-order valence-electron chi connectivity index (χ2n) is 31.7. The maximum Gasteiger partial charge on any atom is 0.342 e. The van der Waals surface area contributed by atoms with E-state index in [0.29, 0.717) is 16.7 Å². The number of hydrogen-bond acceptors (Lipinski definition) is 9. The normalized spacial score (nSPS) is 11.4. The number of phenolic OH excluding ortho intramolecular Hbond substituents is 1. The lowest BCUT2D eigenvalue weighted by atomic mass is 9.98. The van der Waals surface area contributed by atoms with Crippen LogP contribution in [-0.4, -0.2) is 29.0 Å². The van der Waals surface area contributed by atoms with Gasteiger partial charge in [0.2, 0.25) is 0 Å². The van der Waals surface area contributed by atoms with E-state index in [-0.39, 0.29) is 72.8 Å². The predicted octanol–water partition coefficient (Wildman–Crippen LogP) is 30.4. The molecule has 0 spiro atoms. The Hall–Kier alpha value is -10.0. The van der Waals surface area contributed by atoms with Crippen LogP contribution in [0.4, 0.5) is 0 Å². The van der Waals surface area contributed by atoms with E-state index in [9.17, 15) is 24.3 Å². The summed E-state index contributed by atoms with van der Waals surface area (Å²) in [4.78, 5) is 66.0. The number of hydrogen-bond donors (Lipinski definition) is 1. The molecule has 0 aromatic heterocycles. The average Bonchev–Trinajstić information content (AvgIpc) is 0.803. The Morgan fingerprint density at radius 1 is 0.238 bits per heavy atom. The van der Waals surface area contributed by atoms with E-state index >= 15 is 0 Å². The Bertz CT molecular complexity index is 6060. The van der Waals surface area contributed by atoms with Gasteiger partial charge in [0, 0.05) is 18.8 Å². The van der Waals surface area contributed by atoms with E-state index in [2.05, 4.69) is 385 Å². The van der Waals surface area contributed by atoms with Crippen molar-refractivity contribution in [2.75, 3.05) is 0 Å². The molecule has 0 amide bonds. The largest absolute Gasteiger partial charge is 0.507 e. The highest BCUT2D eigenvalue weighted by molar-refractivity contribution is 14.1. The minimum Gasteiger partial charge on any atom is -0.507 e. The highest BCUT2D eigenvalue weighted by Crippen LogP contribution is 2.41. The molecule has 16 aromatic carbocycles. The Morgan fingerprint density at radius 3 is 0.769 bits per heavy atom. The summed E-state index contributed by atoms with van der Waals surface area (Å²) in [5.74, 6) is -1.59. The zero-order chi connectivity index (χ0) is 92.0. The van der Waals surface area contributed by atoms with Gasteiger partial charge in [-0.25, -0.2) is 19.2 Å². The maximum absolute atomic E-state index is 12.9. The highest BCUT2D eigenvalue weighted by Gasteiger charge is 2.37. The number of esters is 4. The molecule has 9 nitrogen and oxygen atoms in total. The van der Waals surface area contributed by atoms with Crippen molar-refractivity contribution in [2.45, 2.75) is 137 Å². The number of phenols is 1. The van der Waals surface area contributed by atoms with E-state index < -0.39 is 28.4 Å². The van der Waals surface area contributed by atoms with Crippen molar-refractivity contribution in [1.82, 2.24) is 0 Å². The molecule has 0 unspecified atom stereocenters. The first-order chi connectivity index (χ1) is 62.6. The van der Waals surface area contributed by atoms with Gasteiger partial charge in [-0.05, 0) is 392 Å². The van der Waals surface area contributed by atoms with Gasteiger partial charge in [0.25, 0.3) is 0 Å². The summed E-state index contributed by atoms with van der Waals surface area (Å²) in [6.45, 7) is 15.3. The molecule has 0 atom stereocenters. The van der Waals surface area contributed by atoms with Gasteiger partial charge >= 0.3 is 23.9 Å². The van der Waals surface area contributed by atoms with Crippen molar-refractivity contribution in [1.29, 1.82) is 0 Å². The van der Waals surface area contributed by atoms with E-state index in [0.717, 1.165) is 41.0 Å². The van der Waals surface area contributed by atoms with Crippen molar-refractivity contribution in [3.8, 4) is 5.75 Å². The second kappa shape index (κ2) is 45.9. The molecule has 0 heterocycles. The molecule has 18 heteroatoms. The maximum atomic E-state index is 12.9. The number of halogens is 5. The molecule has 0 fully saturated rings. The van der Waals surface area contributed by atoms with Gasteiger partial charge in [0.15, 0.2) is 58.7 Å². The Labute approximate surface area is 837 Å². The van der Waals surface area contributed by atoms with Crippen LogP contribution >= 0.6 is 106 Å². The van der Waals surface area contributed by atoms with Crippen LogP contribution in [0.15, 0.2) is 488 Å². The third-order valence-corrected chi connectivity index (χ3v) is 33.2. The van der Waals surface area contributed by atoms with Crippen LogP contribution in [0.2, 0.25) is 0 Å². The molecule has 1 N–H and O–H groups in total. The lowest BCUT2D eigenvalue weighted by Crippen LogP contribution is -2.26. The summed E-state index contributed by atoms with van der Waals surface area (Å²) in [5, 5.41) is 10.1. The van der Waals surface area contributed by atoms with Gasteiger partial charge in [-0.3, -0.25) is 0 Å². The molecule has 0 aliphatic carbocycles. The van der Waals surface area contributed by atoms with Crippen LogP contribution in [0, 0.1) is 14.3 Å². The van der Waals surface area contributed by atoms with Crippen LogP contribution in [0.25, 0.3) is 0 Å². The molecular formula is C112H95BrI4O9S4+4. The quantitative estimate of drug-likeness (QED) is 0.0272. The summed E-state index contributed by atoms with van der Waals surface area (Å²) in [7, 11) is -0.850. The highest BCUT2D eigenvalue weighted by atomic mass is 127. The van der Waals surface area contributed by atoms with Crippen LogP contribution < -0.4 is 0 Å². The first kappa shape index (κ1) is 97.5. The Morgan fingerprint density at radius 2 is 0.485 bits per heavy atom. The lowest BCUT2D eigenvalue weighted by molar-refractivity contribution is -0.00447. The number of aromatic hydroxyl groups is 1. The standard InChI is InChI=1S/C28H23BrIO2S.C28H23IO3S.2C28H24IO2S/c2*1-28(2,32-27(31)25-19-21(29)15-18-26(25)30)20-13-16-24(17-14-20)33(22-9-5-3-6-10-22)23-11-7-4-8-12-23;1-28(2,31-27(30)21-10-9-11-23(29)20-21)22-16-18-26(19-17-22)32(24-12-5-3-6-13-24)25-14-7-4-8-15-25;1-28(2,31-27(30)21-13-17-23(29)18-14-21)22-15-19-26(20-16-22)32(24-9-5-3-6-10-24)25-11-7-4-8-12-25/h2*3-19H,1-2H3;2*3-20H,1-2H3/q+1;;2*+1/p+1. The first-order valence-corrected chi connectivity index (χ1v) is 51.8. The van der Waals surface area contributed by atoms with Gasteiger partial charge in [-0.1, -0.05) is 216 Å². The third kappa shape index (κ3) is 26.3. The molecule has 0 saturated heterocycles. The fourth-order valence-corrected chi connectivity index (χ4v) is 24.6. The lowest BCUT2D eigenvalue weighted by Gasteiger charge is -2.26. The summed E-state index contributed by atoms with van der Waals surface area (Å²) in [6.07, 6.45) is 0. The van der Waals surface area contributed by atoms with E-state index in [1.165, 1.54) is 64.8 Å². The molecular weight excluding hydrogens is 2210 g/mol. The van der Waals surface area contributed by atoms with Crippen molar-refractivity contribution < 1.29 is 43.2 Å².